The molecular weight excluding hydrogens is 629 g/mol. The van der Waals surface area contributed by atoms with Gasteiger partial charge in [0, 0.05) is 12.0 Å². The molecule has 0 unspecified atom stereocenters. The maximum absolute atomic E-state index is 14.8. The van der Waals surface area contributed by atoms with Gasteiger partial charge in [-0.25, -0.2) is 14.5 Å². The molecule has 0 amide bonds. The van der Waals surface area contributed by atoms with Crippen molar-refractivity contribution >= 4 is 52.2 Å². The van der Waals surface area contributed by atoms with Crippen molar-refractivity contribution in [3.63, 3.8) is 0 Å². The molecule has 0 spiro atoms. The first-order valence-corrected chi connectivity index (χ1v) is 17.8. The van der Waals surface area contributed by atoms with Gasteiger partial charge in [-0.3, -0.25) is 9.32 Å². The Kier molecular flexibility index (Phi) is 10.2. The number of aromatic nitrogens is 3. The zero-order chi connectivity index (χ0) is 34.9. The third kappa shape index (κ3) is 7.50. The topological polar surface area (TPSA) is 140 Å². The van der Waals surface area contributed by atoms with E-state index in [9.17, 15) is 9.36 Å². The summed E-state index contributed by atoms with van der Waals surface area (Å²) in [4.78, 5) is 22.6. The summed E-state index contributed by atoms with van der Waals surface area (Å²) < 4.78 is 40.8. The van der Waals surface area contributed by atoms with E-state index in [0.29, 0.717) is 29.5 Å². The predicted molar refractivity (Wildman–Crippen MR) is 190 cm³/mol. The maximum atomic E-state index is 14.8. The number of carbonyl (C=O) groups excluding carboxylic acids is 1. The second-order valence-corrected chi connectivity index (χ2v) is 15.2. The van der Waals surface area contributed by atoms with Crippen LogP contribution in [0.15, 0.2) is 66.7 Å². The second-order valence-electron chi connectivity index (χ2n) is 13.5. The van der Waals surface area contributed by atoms with Crippen LogP contribution in [0, 0.1) is 5.92 Å². The van der Waals surface area contributed by atoms with Crippen molar-refractivity contribution in [3.05, 3.63) is 72.6 Å². The molecular formula is C36H46N5O6P. The molecule has 2 aromatic heterocycles. The molecule has 5 rings (SSSR count). The van der Waals surface area contributed by atoms with Crippen LogP contribution < -0.4 is 15.3 Å². The van der Waals surface area contributed by atoms with Gasteiger partial charge in [0.05, 0.1) is 23.2 Å². The van der Waals surface area contributed by atoms with Crippen molar-refractivity contribution in [2.45, 2.75) is 79.2 Å². The molecule has 0 aliphatic heterocycles. The highest BCUT2D eigenvalue weighted by atomic mass is 31.2. The van der Waals surface area contributed by atoms with Crippen LogP contribution in [-0.4, -0.2) is 45.4 Å². The molecule has 0 radical (unpaired) electrons. The Hall–Kier alpha value is -4.02. The third-order valence-corrected chi connectivity index (χ3v) is 9.99. The van der Waals surface area contributed by atoms with Crippen LogP contribution in [0.2, 0.25) is 0 Å². The van der Waals surface area contributed by atoms with Crippen LogP contribution in [-0.2, 0) is 35.5 Å². The van der Waals surface area contributed by atoms with Gasteiger partial charge in [0.2, 0.25) is 0 Å². The lowest BCUT2D eigenvalue weighted by atomic mass is 9.88. The summed E-state index contributed by atoms with van der Waals surface area (Å²) in [6.45, 7) is 15.5. The average Bonchev–Trinajstić information content (AvgIpc) is 3.42. The molecule has 3 aromatic carbocycles. The first-order valence-electron chi connectivity index (χ1n) is 16.2. The van der Waals surface area contributed by atoms with Crippen molar-refractivity contribution in [1.29, 1.82) is 0 Å². The van der Waals surface area contributed by atoms with E-state index in [1.807, 2.05) is 68.4 Å². The number of benzene rings is 3. The smallest absolute Gasteiger partial charge is 0.459 e. The molecule has 5 aromatic rings. The molecule has 0 aliphatic rings. The van der Waals surface area contributed by atoms with Gasteiger partial charge >= 0.3 is 13.7 Å². The number of carbonyl (C=O) groups is 1. The molecule has 0 saturated heterocycles. The zero-order valence-electron chi connectivity index (χ0n) is 28.9. The zero-order valence-corrected chi connectivity index (χ0v) is 29.8. The highest BCUT2D eigenvalue weighted by molar-refractivity contribution is 7.52. The van der Waals surface area contributed by atoms with Crippen molar-refractivity contribution in [2.24, 2.45) is 5.92 Å². The Morgan fingerprint density at radius 2 is 1.67 bits per heavy atom. The standard InChI is InChI=1S/C36H46N5O6P/c1-9-44-21-30-39-31-32(28-16-12-13-17-29(28)38-33(31)37)41(30)36(8,23(2)3)22-45-48(43,40-24(4)34(42)46-35(5,6)7)47-27-19-18-25-14-10-11-15-26(25)20-27/h10-20,23-24H,9,21-22H2,1-8H3,(H2,37,38)(H,40,43)/t24-,36-,48-/m0/s1. The average molecular weight is 676 g/mol. The van der Waals surface area contributed by atoms with Gasteiger partial charge in [0.25, 0.3) is 0 Å². The van der Waals surface area contributed by atoms with E-state index in [1.165, 1.54) is 0 Å². The quantitative estimate of drug-likeness (QED) is 0.0940. The minimum Gasteiger partial charge on any atom is -0.459 e. The lowest BCUT2D eigenvalue weighted by Gasteiger charge is -2.38. The van der Waals surface area contributed by atoms with Crippen LogP contribution in [0.25, 0.3) is 32.7 Å². The highest BCUT2D eigenvalue weighted by Crippen LogP contribution is 2.48. The number of esters is 1. The van der Waals surface area contributed by atoms with E-state index in [4.69, 9.17) is 29.2 Å². The monoisotopic (exact) mass is 675 g/mol. The summed E-state index contributed by atoms with van der Waals surface area (Å²) >= 11 is 0. The summed E-state index contributed by atoms with van der Waals surface area (Å²) in [6.07, 6.45) is 0. The van der Waals surface area contributed by atoms with Crippen LogP contribution >= 0.6 is 7.75 Å². The number of imidazole rings is 1. The number of fused-ring (bicyclic) bond motifs is 4. The molecule has 12 heteroatoms. The van der Waals surface area contributed by atoms with Gasteiger partial charge < -0.3 is 24.3 Å². The molecule has 0 fully saturated rings. The third-order valence-electron chi connectivity index (χ3n) is 8.36. The summed E-state index contributed by atoms with van der Waals surface area (Å²) in [7, 11) is -4.24. The Labute approximate surface area is 281 Å². The minimum atomic E-state index is -4.24. The van der Waals surface area contributed by atoms with E-state index in [2.05, 4.69) is 28.5 Å². The lowest BCUT2D eigenvalue weighted by molar-refractivity contribution is -0.156. The van der Waals surface area contributed by atoms with E-state index < -0.39 is 30.9 Å². The second kappa shape index (κ2) is 13.8. The van der Waals surface area contributed by atoms with E-state index >= 15 is 0 Å². The Bertz CT molecular complexity index is 1990. The van der Waals surface area contributed by atoms with Gasteiger partial charge in [-0.2, -0.15) is 5.09 Å². The van der Waals surface area contributed by atoms with Crippen molar-refractivity contribution in [2.75, 3.05) is 18.9 Å². The lowest BCUT2D eigenvalue weighted by Crippen LogP contribution is -2.43. The summed E-state index contributed by atoms with van der Waals surface area (Å²) in [6, 6.07) is 19.9. The van der Waals surface area contributed by atoms with Crippen LogP contribution in [0.1, 0.15) is 61.2 Å². The molecule has 3 atom stereocenters. The van der Waals surface area contributed by atoms with Gasteiger partial charge in [-0.1, -0.05) is 62.4 Å². The molecule has 0 bridgehead atoms. The fraction of sp³-hybridized carbons (Fsp3) is 0.417. The SMILES string of the molecule is CCOCc1nc2c(N)nc3ccccc3c2n1[C@@](C)(CO[P@@](=O)(N[C@@H](C)C(=O)OC(C)(C)C)Oc1ccc2ccccc2c1)C(C)C. The number of ether oxygens (including phenoxy) is 2. The molecule has 0 aliphatic carbocycles. The van der Waals surface area contributed by atoms with Crippen LogP contribution in [0.5, 0.6) is 5.75 Å². The number of nitrogens with one attached hydrogen (secondary N) is 1. The Morgan fingerprint density at radius 3 is 2.35 bits per heavy atom. The van der Waals surface area contributed by atoms with Crippen molar-refractivity contribution < 1.29 is 27.9 Å². The number of nitrogens with zero attached hydrogens (tertiary/aromatic N) is 3. The Balaban J connectivity index is 1.59. The van der Waals surface area contributed by atoms with Crippen LogP contribution in [0.3, 0.4) is 0 Å². The van der Waals surface area contributed by atoms with E-state index in [0.717, 1.165) is 27.2 Å². The normalized spacial score (nSPS) is 15.4. The predicted octanol–water partition coefficient (Wildman–Crippen LogP) is 7.75. The first-order chi connectivity index (χ1) is 22.6. The van der Waals surface area contributed by atoms with Crippen LogP contribution in [0.4, 0.5) is 5.82 Å². The Morgan fingerprint density at radius 1 is 0.979 bits per heavy atom. The summed E-state index contributed by atoms with van der Waals surface area (Å²) in [5, 5.41) is 5.61. The molecule has 48 heavy (non-hydrogen) atoms. The number of pyridine rings is 1. The van der Waals surface area contributed by atoms with Gasteiger partial charge in [-0.05, 0) is 76.4 Å². The fourth-order valence-corrected chi connectivity index (χ4v) is 7.11. The number of hydrogen-bond donors (Lipinski definition) is 2. The molecule has 256 valence electrons. The van der Waals surface area contributed by atoms with Crippen molar-refractivity contribution in [1.82, 2.24) is 19.6 Å². The number of rotatable bonds is 13. The molecule has 11 nitrogen and oxygen atoms in total. The first kappa shape index (κ1) is 35.3. The van der Waals surface area contributed by atoms with Crippen molar-refractivity contribution in [3.8, 4) is 5.75 Å². The van der Waals surface area contributed by atoms with E-state index in [1.54, 1.807) is 39.8 Å². The van der Waals surface area contributed by atoms with Gasteiger partial charge in [-0.15, -0.1) is 0 Å². The summed E-state index contributed by atoms with van der Waals surface area (Å²) in [5.41, 5.74) is 6.90. The molecule has 2 heterocycles. The van der Waals surface area contributed by atoms with Gasteiger partial charge in [0.1, 0.15) is 35.3 Å². The number of anilines is 1. The maximum Gasteiger partial charge on any atom is 0.459 e. The molecule has 0 saturated carbocycles. The minimum absolute atomic E-state index is 0.0826. The van der Waals surface area contributed by atoms with E-state index in [-0.39, 0.29) is 19.1 Å². The number of nitrogen functional groups attached to an aromatic ring is 1. The largest absolute Gasteiger partial charge is 0.459 e. The number of hydrogen-bond acceptors (Lipinski definition) is 9. The summed E-state index contributed by atoms with van der Waals surface area (Å²) in [5.74, 6) is 0.569. The fourth-order valence-electron chi connectivity index (χ4n) is 5.53. The molecule has 3 N–H and O–H groups in total. The number of nitrogens with two attached hydrogens (primary N) is 1. The number of para-hydroxylation sites is 1. The highest BCUT2D eigenvalue weighted by Gasteiger charge is 2.41. The van der Waals surface area contributed by atoms with Gasteiger partial charge in [0.15, 0.2) is 5.82 Å².